The zero-order chi connectivity index (χ0) is 13.0. The molecule has 1 atom stereocenters. The summed E-state index contributed by atoms with van der Waals surface area (Å²) < 4.78 is 5.75. The molecule has 0 spiro atoms. The molecule has 0 aromatic heterocycles. The smallest absolute Gasteiger partial charge is 0.263 e. The lowest BCUT2D eigenvalue weighted by molar-refractivity contribution is -0.138. The van der Waals surface area contributed by atoms with E-state index in [9.17, 15) is 4.79 Å². The molecule has 0 saturated carbocycles. The quantitative estimate of drug-likeness (QED) is 0.873. The summed E-state index contributed by atoms with van der Waals surface area (Å²) >= 11 is 0. The fourth-order valence-corrected chi connectivity index (χ4v) is 2.07. The SMILES string of the molecule is Cc1ccccc1OC(C)C(=O)N1CCNCC1. The van der Waals surface area contributed by atoms with Crippen LogP contribution in [0.15, 0.2) is 24.3 Å². The second-order valence-electron chi connectivity index (χ2n) is 4.60. The van der Waals surface area contributed by atoms with Crippen molar-refractivity contribution in [3.63, 3.8) is 0 Å². The Bertz CT molecular complexity index is 414. The fraction of sp³-hybridized carbons (Fsp3) is 0.500. The molecule has 0 radical (unpaired) electrons. The Morgan fingerprint density at radius 1 is 1.33 bits per heavy atom. The summed E-state index contributed by atoms with van der Waals surface area (Å²) in [6.07, 6.45) is -0.427. The summed E-state index contributed by atoms with van der Waals surface area (Å²) in [6, 6.07) is 7.77. The second-order valence-corrected chi connectivity index (χ2v) is 4.60. The van der Waals surface area contributed by atoms with E-state index in [1.54, 1.807) is 0 Å². The highest BCUT2D eigenvalue weighted by Gasteiger charge is 2.23. The molecular formula is C14H20N2O2. The number of carbonyl (C=O) groups excluding carboxylic acids is 1. The number of rotatable bonds is 3. The third-order valence-electron chi connectivity index (χ3n) is 3.17. The zero-order valence-electron chi connectivity index (χ0n) is 11.0. The third kappa shape index (κ3) is 3.01. The van der Waals surface area contributed by atoms with Crippen molar-refractivity contribution in [2.45, 2.75) is 20.0 Å². The molecule has 18 heavy (non-hydrogen) atoms. The van der Waals surface area contributed by atoms with Crippen LogP contribution in [0.1, 0.15) is 12.5 Å². The van der Waals surface area contributed by atoms with E-state index < -0.39 is 6.10 Å². The Kier molecular flexibility index (Phi) is 4.20. The van der Waals surface area contributed by atoms with Crippen LogP contribution in [0, 0.1) is 6.92 Å². The zero-order valence-corrected chi connectivity index (χ0v) is 11.0. The first kappa shape index (κ1) is 12.9. The number of hydrogen-bond acceptors (Lipinski definition) is 3. The molecule has 1 unspecified atom stereocenters. The van der Waals surface area contributed by atoms with Gasteiger partial charge in [-0.25, -0.2) is 0 Å². The van der Waals surface area contributed by atoms with Gasteiger partial charge in [-0.2, -0.15) is 0 Å². The molecule has 1 aromatic carbocycles. The highest BCUT2D eigenvalue weighted by molar-refractivity contribution is 5.81. The summed E-state index contributed by atoms with van der Waals surface area (Å²) in [5, 5.41) is 3.23. The average molecular weight is 248 g/mol. The molecule has 4 heteroatoms. The lowest BCUT2D eigenvalue weighted by Crippen LogP contribution is -2.50. The number of nitrogens with one attached hydrogen (secondary N) is 1. The number of hydrogen-bond donors (Lipinski definition) is 1. The van der Waals surface area contributed by atoms with Gasteiger partial charge < -0.3 is 15.0 Å². The van der Waals surface area contributed by atoms with Gasteiger partial charge in [-0.05, 0) is 25.5 Å². The lowest BCUT2D eigenvalue weighted by Gasteiger charge is -2.30. The first-order chi connectivity index (χ1) is 8.68. The number of amides is 1. The Morgan fingerprint density at radius 2 is 2.00 bits per heavy atom. The first-order valence-corrected chi connectivity index (χ1v) is 6.40. The Balaban J connectivity index is 1.96. The van der Waals surface area contributed by atoms with Crippen molar-refractivity contribution in [2.75, 3.05) is 26.2 Å². The molecule has 1 aliphatic heterocycles. The van der Waals surface area contributed by atoms with Crippen molar-refractivity contribution in [2.24, 2.45) is 0 Å². The molecule has 1 amide bonds. The molecule has 0 bridgehead atoms. The minimum absolute atomic E-state index is 0.0692. The molecule has 1 heterocycles. The normalized spacial score (nSPS) is 17.3. The van der Waals surface area contributed by atoms with Gasteiger partial charge in [-0.15, -0.1) is 0 Å². The van der Waals surface area contributed by atoms with Crippen LogP contribution < -0.4 is 10.1 Å². The monoisotopic (exact) mass is 248 g/mol. The van der Waals surface area contributed by atoms with Crippen LogP contribution in [0.5, 0.6) is 5.75 Å². The Morgan fingerprint density at radius 3 is 2.67 bits per heavy atom. The predicted octanol–water partition coefficient (Wildman–Crippen LogP) is 1.19. The van der Waals surface area contributed by atoms with Crippen molar-refractivity contribution in [1.29, 1.82) is 0 Å². The minimum atomic E-state index is -0.427. The number of aryl methyl sites for hydroxylation is 1. The molecule has 1 aliphatic rings. The summed E-state index contributed by atoms with van der Waals surface area (Å²) in [4.78, 5) is 14.0. The van der Waals surface area contributed by atoms with Crippen molar-refractivity contribution in [1.82, 2.24) is 10.2 Å². The van der Waals surface area contributed by atoms with Gasteiger partial charge in [0.05, 0.1) is 0 Å². The summed E-state index contributed by atoms with van der Waals surface area (Å²) in [7, 11) is 0. The molecule has 98 valence electrons. The molecule has 1 saturated heterocycles. The highest BCUT2D eigenvalue weighted by atomic mass is 16.5. The van der Waals surface area contributed by atoms with Gasteiger partial charge in [0.15, 0.2) is 6.10 Å². The van der Waals surface area contributed by atoms with E-state index >= 15 is 0 Å². The van der Waals surface area contributed by atoms with E-state index in [1.807, 2.05) is 43.0 Å². The van der Waals surface area contributed by atoms with Gasteiger partial charge in [0.2, 0.25) is 0 Å². The van der Waals surface area contributed by atoms with Crippen molar-refractivity contribution in [3.8, 4) is 5.75 Å². The summed E-state index contributed by atoms with van der Waals surface area (Å²) in [5.41, 5.74) is 1.05. The van der Waals surface area contributed by atoms with E-state index in [2.05, 4.69) is 5.32 Å². The average Bonchev–Trinajstić information content (AvgIpc) is 2.41. The second kappa shape index (κ2) is 5.87. The lowest BCUT2D eigenvalue weighted by atomic mass is 10.2. The first-order valence-electron chi connectivity index (χ1n) is 6.40. The topological polar surface area (TPSA) is 41.6 Å². The van der Waals surface area contributed by atoms with E-state index in [-0.39, 0.29) is 5.91 Å². The molecule has 0 aliphatic carbocycles. The van der Waals surface area contributed by atoms with Crippen LogP contribution in [-0.4, -0.2) is 43.1 Å². The Hall–Kier alpha value is -1.55. The molecule has 1 N–H and O–H groups in total. The van der Waals surface area contributed by atoms with Gasteiger partial charge in [-0.1, -0.05) is 18.2 Å². The van der Waals surface area contributed by atoms with Crippen molar-refractivity contribution in [3.05, 3.63) is 29.8 Å². The summed E-state index contributed by atoms with van der Waals surface area (Å²) in [6.45, 7) is 7.06. The predicted molar refractivity (Wildman–Crippen MR) is 70.7 cm³/mol. The summed E-state index contributed by atoms with van der Waals surface area (Å²) in [5.74, 6) is 0.855. The van der Waals surface area contributed by atoms with E-state index in [0.717, 1.165) is 37.5 Å². The maximum atomic E-state index is 12.2. The van der Waals surface area contributed by atoms with Crippen molar-refractivity contribution >= 4 is 5.91 Å². The number of carbonyl (C=O) groups is 1. The van der Waals surface area contributed by atoms with Crippen molar-refractivity contribution < 1.29 is 9.53 Å². The highest BCUT2D eigenvalue weighted by Crippen LogP contribution is 2.18. The maximum Gasteiger partial charge on any atom is 0.263 e. The third-order valence-corrected chi connectivity index (χ3v) is 3.17. The van der Waals surface area contributed by atoms with Crippen LogP contribution in [0.3, 0.4) is 0 Å². The molecule has 2 rings (SSSR count). The molecule has 1 fully saturated rings. The number of nitrogens with zero attached hydrogens (tertiary/aromatic N) is 1. The maximum absolute atomic E-state index is 12.2. The van der Waals surface area contributed by atoms with E-state index in [4.69, 9.17) is 4.74 Å². The largest absolute Gasteiger partial charge is 0.481 e. The Labute approximate surface area is 108 Å². The standard InChI is InChI=1S/C14H20N2O2/c1-11-5-3-4-6-13(11)18-12(2)14(17)16-9-7-15-8-10-16/h3-6,12,15H,7-10H2,1-2H3. The van der Waals surface area contributed by atoms with Crippen LogP contribution in [0.4, 0.5) is 0 Å². The van der Waals surface area contributed by atoms with E-state index in [0.29, 0.717) is 0 Å². The van der Waals surface area contributed by atoms with E-state index in [1.165, 1.54) is 0 Å². The van der Waals surface area contributed by atoms with Gasteiger partial charge in [0.1, 0.15) is 5.75 Å². The number of para-hydroxylation sites is 1. The fourth-order valence-electron chi connectivity index (χ4n) is 2.07. The minimum Gasteiger partial charge on any atom is -0.481 e. The van der Waals surface area contributed by atoms with Gasteiger partial charge >= 0.3 is 0 Å². The van der Waals surface area contributed by atoms with Crippen LogP contribution in [0.25, 0.3) is 0 Å². The van der Waals surface area contributed by atoms with Gasteiger partial charge in [0.25, 0.3) is 5.91 Å². The number of benzene rings is 1. The number of piperazine rings is 1. The molecule has 4 nitrogen and oxygen atoms in total. The van der Waals surface area contributed by atoms with Crippen LogP contribution in [0.2, 0.25) is 0 Å². The van der Waals surface area contributed by atoms with Gasteiger partial charge in [0, 0.05) is 26.2 Å². The van der Waals surface area contributed by atoms with Crippen LogP contribution >= 0.6 is 0 Å². The van der Waals surface area contributed by atoms with Gasteiger partial charge in [-0.3, -0.25) is 4.79 Å². The number of ether oxygens (including phenoxy) is 1. The molecule has 1 aromatic rings. The van der Waals surface area contributed by atoms with Crippen LogP contribution in [-0.2, 0) is 4.79 Å². The molecular weight excluding hydrogens is 228 g/mol.